The molecule has 1 aliphatic rings. The number of hydrogen-bond acceptors (Lipinski definition) is 4. The van der Waals surface area contributed by atoms with Crippen LogP contribution >= 0.6 is 0 Å². The van der Waals surface area contributed by atoms with Crippen LogP contribution in [0, 0.1) is 13.8 Å². The van der Waals surface area contributed by atoms with Crippen LogP contribution in [0.15, 0.2) is 65.1 Å². The summed E-state index contributed by atoms with van der Waals surface area (Å²) < 4.78 is 8.18. The maximum atomic E-state index is 13.2. The minimum atomic E-state index is -0.414. The van der Waals surface area contributed by atoms with Crippen molar-refractivity contribution in [2.75, 3.05) is 31.4 Å². The second-order valence-corrected chi connectivity index (χ2v) is 9.04. The highest BCUT2D eigenvalue weighted by Crippen LogP contribution is 2.49. The second-order valence-electron chi connectivity index (χ2n) is 9.04. The highest BCUT2D eigenvalue weighted by molar-refractivity contribution is 6.04. The zero-order valence-electron chi connectivity index (χ0n) is 20.5. The third kappa shape index (κ3) is 3.51. The van der Waals surface area contributed by atoms with Crippen molar-refractivity contribution in [2.24, 2.45) is 0 Å². The molecule has 7 heteroatoms. The molecule has 178 valence electrons. The lowest BCUT2D eigenvalue weighted by Crippen LogP contribution is -2.38. The van der Waals surface area contributed by atoms with Crippen molar-refractivity contribution in [3.05, 3.63) is 89.0 Å². The average Bonchev–Trinajstić information content (AvgIpc) is 3.44. The lowest BCUT2D eigenvalue weighted by molar-refractivity contribution is 0.112. The first-order valence-corrected chi connectivity index (χ1v) is 11.5. The van der Waals surface area contributed by atoms with Gasteiger partial charge >= 0.3 is 6.03 Å². The summed E-state index contributed by atoms with van der Waals surface area (Å²) in [4.78, 5) is 29.0. The molecule has 3 heterocycles. The first kappa shape index (κ1) is 22.5. The van der Waals surface area contributed by atoms with Crippen molar-refractivity contribution >= 4 is 23.7 Å². The number of para-hydroxylation sites is 2. The van der Waals surface area contributed by atoms with E-state index in [9.17, 15) is 9.59 Å². The number of nitrogens with one attached hydrogen (secondary N) is 1. The summed E-state index contributed by atoms with van der Waals surface area (Å²) >= 11 is 0. The molecular weight excluding hydrogens is 440 g/mol. The lowest BCUT2D eigenvalue weighted by atomic mass is 10.0. The van der Waals surface area contributed by atoms with Crippen LogP contribution in [-0.2, 0) is 0 Å². The summed E-state index contributed by atoms with van der Waals surface area (Å²) in [6.45, 7) is 3.93. The summed E-state index contributed by atoms with van der Waals surface area (Å²) in [5.41, 5.74) is 6.32. The van der Waals surface area contributed by atoms with Crippen LogP contribution in [0.2, 0.25) is 0 Å². The maximum Gasteiger partial charge on any atom is 0.323 e. The molecule has 0 saturated heterocycles. The number of aryl methyl sites for hydroxylation is 2. The number of aldehydes is 1. The third-order valence-electron chi connectivity index (χ3n) is 6.50. The topological polar surface area (TPSA) is 70.7 Å². The number of hydrogen-bond donors (Lipinski definition) is 1. The van der Waals surface area contributed by atoms with Gasteiger partial charge in [0.1, 0.15) is 17.6 Å². The first-order chi connectivity index (χ1) is 16.8. The van der Waals surface area contributed by atoms with Gasteiger partial charge in [-0.1, -0.05) is 36.4 Å². The van der Waals surface area contributed by atoms with E-state index in [2.05, 4.69) is 9.88 Å². The Hall–Kier alpha value is -4.26. The minimum absolute atomic E-state index is 0.230. The van der Waals surface area contributed by atoms with Gasteiger partial charge in [0, 0.05) is 26.7 Å². The molecule has 4 aromatic rings. The van der Waals surface area contributed by atoms with Crippen LogP contribution in [0.25, 0.3) is 16.9 Å². The Kier molecular flexibility index (Phi) is 5.47. The largest absolute Gasteiger partial charge is 0.464 e. The fourth-order valence-electron chi connectivity index (χ4n) is 4.91. The highest BCUT2D eigenvalue weighted by Gasteiger charge is 2.38. The molecule has 0 fully saturated rings. The molecule has 0 bridgehead atoms. The minimum Gasteiger partial charge on any atom is -0.464 e. The highest BCUT2D eigenvalue weighted by atomic mass is 16.3. The Balaban J connectivity index is 1.94. The quantitative estimate of drug-likeness (QED) is 0.384. The van der Waals surface area contributed by atoms with Crippen molar-refractivity contribution in [2.45, 2.75) is 19.9 Å². The molecule has 2 amide bonds. The SMILES string of the molecule is Cc1ccc(C2Nc3ccccc3-n3c(-c4ccccc4C)c(C=O)c(N(C)C(=O)N(C)C)c32)o1. The summed E-state index contributed by atoms with van der Waals surface area (Å²) in [6, 6.07) is 19.2. The van der Waals surface area contributed by atoms with E-state index in [-0.39, 0.29) is 6.03 Å². The van der Waals surface area contributed by atoms with Crippen molar-refractivity contribution in [1.82, 2.24) is 9.47 Å². The van der Waals surface area contributed by atoms with Gasteiger partial charge in [0.15, 0.2) is 6.29 Å². The molecule has 2 aromatic carbocycles. The molecule has 0 radical (unpaired) electrons. The van der Waals surface area contributed by atoms with Gasteiger partial charge in [-0.05, 0) is 43.7 Å². The van der Waals surface area contributed by atoms with E-state index in [1.54, 1.807) is 26.0 Å². The number of rotatable bonds is 4. The van der Waals surface area contributed by atoms with Crippen LogP contribution in [0.4, 0.5) is 16.2 Å². The van der Waals surface area contributed by atoms with Gasteiger partial charge in [-0.25, -0.2) is 4.79 Å². The standard InChI is InChI=1S/C28H28N4O3/c1-17-10-6-7-11-19(17)25-20(16-33)26(31(5)28(34)30(3)4)27-24(23-15-14-18(2)35-23)29-21-12-8-9-13-22(21)32(25)27/h6-16,24,29H,1-5H3. The molecule has 1 aliphatic heterocycles. The van der Waals surface area contributed by atoms with Crippen molar-refractivity contribution in [1.29, 1.82) is 0 Å². The number of amides is 2. The zero-order chi connectivity index (χ0) is 24.9. The third-order valence-corrected chi connectivity index (χ3v) is 6.50. The molecule has 0 saturated carbocycles. The van der Waals surface area contributed by atoms with Gasteiger partial charge in [0.25, 0.3) is 0 Å². The summed E-state index contributed by atoms with van der Waals surface area (Å²) in [6.07, 6.45) is 0.856. The van der Waals surface area contributed by atoms with Crippen molar-refractivity contribution in [3.8, 4) is 16.9 Å². The van der Waals surface area contributed by atoms with Gasteiger partial charge in [-0.15, -0.1) is 0 Å². The van der Waals surface area contributed by atoms with Gasteiger partial charge in [-0.3, -0.25) is 9.69 Å². The fraction of sp³-hybridized carbons (Fsp3) is 0.214. The number of carbonyl (C=O) groups is 2. The molecule has 0 aliphatic carbocycles. The van der Waals surface area contributed by atoms with Gasteiger partial charge in [-0.2, -0.15) is 0 Å². The predicted octanol–water partition coefficient (Wildman–Crippen LogP) is 5.80. The number of nitrogens with zero attached hydrogens (tertiary/aromatic N) is 3. The van der Waals surface area contributed by atoms with E-state index in [1.807, 2.05) is 74.5 Å². The number of furan rings is 1. The van der Waals surface area contributed by atoms with Crippen molar-refractivity contribution in [3.63, 3.8) is 0 Å². The molecule has 35 heavy (non-hydrogen) atoms. The van der Waals surface area contributed by atoms with E-state index in [0.29, 0.717) is 17.0 Å². The van der Waals surface area contributed by atoms with E-state index in [0.717, 1.165) is 45.9 Å². The molecular formula is C28H28N4O3. The number of carbonyl (C=O) groups excluding carboxylic acids is 2. The fourth-order valence-corrected chi connectivity index (χ4v) is 4.91. The van der Waals surface area contributed by atoms with E-state index in [4.69, 9.17) is 4.42 Å². The van der Waals surface area contributed by atoms with Gasteiger partial charge < -0.3 is 19.2 Å². The molecule has 1 N–H and O–H groups in total. The molecule has 1 unspecified atom stereocenters. The smallest absolute Gasteiger partial charge is 0.323 e. The Morgan fingerprint density at radius 2 is 1.71 bits per heavy atom. The average molecular weight is 469 g/mol. The van der Waals surface area contributed by atoms with E-state index in [1.165, 1.54) is 4.90 Å². The van der Waals surface area contributed by atoms with Gasteiger partial charge in [0.05, 0.1) is 34.0 Å². The van der Waals surface area contributed by atoms with Crippen LogP contribution in [-0.4, -0.2) is 42.9 Å². The monoisotopic (exact) mass is 468 g/mol. The summed E-state index contributed by atoms with van der Waals surface area (Å²) in [5.74, 6) is 1.49. The number of aromatic nitrogens is 1. The first-order valence-electron chi connectivity index (χ1n) is 11.5. The molecule has 5 rings (SSSR count). The predicted molar refractivity (Wildman–Crippen MR) is 138 cm³/mol. The molecule has 2 aromatic heterocycles. The maximum absolute atomic E-state index is 13.2. The lowest BCUT2D eigenvalue weighted by Gasteiger charge is -2.32. The Morgan fingerprint density at radius 1 is 1.00 bits per heavy atom. The Bertz CT molecular complexity index is 1450. The normalized spacial score (nSPS) is 14.0. The van der Waals surface area contributed by atoms with Crippen LogP contribution in [0.3, 0.4) is 0 Å². The second kappa shape index (κ2) is 8.51. The Labute approximate surface area is 204 Å². The molecule has 7 nitrogen and oxygen atoms in total. The number of anilines is 2. The number of benzene rings is 2. The molecule has 1 atom stereocenters. The van der Waals surface area contributed by atoms with Crippen molar-refractivity contribution < 1.29 is 14.0 Å². The van der Waals surface area contributed by atoms with Crippen LogP contribution < -0.4 is 10.2 Å². The van der Waals surface area contributed by atoms with E-state index >= 15 is 0 Å². The van der Waals surface area contributed by atoms with Gasteiger partial charge in [0.2, 0.25) is 0 Å². The van der Waals surface area contributed by atoms with Crippen LogP contribution in [0.5, 0.6) is 0 Å². The molecule has 0 spiro atoms. The zero-order valence-corrected chi connectivity index (χ0v) is 20.5. The summed E-state index contributed by atoms with van der Waals surface area (Å²) in [5, 5.41) is 3.59. The number of urea groups is 1. The van der Waals surface area contributed by atoms with E-state index < -0.39 is 6.04 Å². The number of fused-ring (bicyclic) bond motifs is 3. The van der Waals surface area contributed by atoms with Crippen LogP contribution in [0.1, 0.15) is 39.2 Å². The Morgan fingerprint density at radius 3 is 2.37 bits per heavy atom. The summed E-state index contributed by atoms with van der Waals surface area (Å²) in [7, 11) is 5.11.